The highest BCUT2D eigenvalue weighted by molar-refractivity contribution is 8.00. The summed E-state index contributed by atoms with van der Waals surface area (Å²) in [7, 11) is 0. The molecule has 0 spiro atoms. The highest BCUT2D eigenvalue weighted by atomic mass is 35.5. The molecular formula is C10H9ClO2S. The van der Waals surface area contributed by atoms with E-state index in [2.05, 4.69) is 0 Å². The van der Waals surface area contributed by atoms with E-state index in [1.807, 2.05) is 12.1 Å². The lowest BCUT2D eigenvalue weighted by atomic mass is 10.2. The van der Waals surface area contributed by atoms with Crippen molar-refractivity contribution in [1.29, 1.82) is 0 Å². The van der Waals surface area contributed by atoms with Crippen LogP contribution in [0.25, 0.3) is 0 Å². The number of aldehydes is 1. The lowest BCUT2D eigenvalue weighted by Gasteiger charge is -2.25. The van der Waals surface area contributed by atoms with Crippen molar-refractivity contribution >= 4 is 29.6 Å². The lowest BCUT2D eigenvalue weighted by Crippen LogP contribution is -2.29. The largest absolute Gasteiger partial charge is 0.379 e. The molecule has 1 aliphatic rings. The Morgan fingerprint density at radius 1 is 1.50 bits per heavy atom. The van der Waals surface area contributed by atoms with E-state index in [4.69, 9.17) is 16.3 Å². The third-order valence-electron chi connectivity index (χ3n) is 2.01. The van der Waals surface area contributed by atoms with Gasteiger partial charge in [-0.15, -0.1) is 11.8 Å². The Hall–Kier alpha value is -0.510. The second-order valence-corrected chi connectivity index (χ2v) is 4.86. The minimum atomic E-state index is 0.519. The number of thioether (sulfide) groups is 1. The van der Waals surface area contributed by atoms with Crippen molar-refractivity contribution in [3.8, 4) is 0 Å². The molecule has 0 unspecified atom stereocenters. The second-order valence-electron chi connectivity index (χ2n) is 3.08. The second kappa shape index (κ2) is 4.34. The number of carbonyl (C=O) groups excluding carboxylic acids is 1. The Balaban J connectivity index is 2.10. The molecule has 0 radical (unpaired) electrons. The topological polar surface area (TPSA) is 26.3 Å². The van der Waals surface area contributed by atoms with Crippen molar-refractivity contribution in [3.63, 3.8) is 0 Å². The quantitative estimate of drug-likeness (QED) is 0.744. The summed E-state index contributed by atoms with van der Waals surface area (Å²) in [5.74, 6) is 0. The molecule has 1 fully saturated rings. The minimum Gasteiger partial charge on any atom is -0.379 e. The predicted molar refractivity (Wildman–Crippen MR) is 57.3 cm³/mol. The van der Waals surface area contributed by atoms with Crippen LogP contribution in [-0.2, 0) is 4.74 Å². The monoisotopic (exact) mass is 228 g/mol. The van der Waals surface area contributed by atoms with Crippen LogP contribution >= 0.6 is 23.4 Å². The van der Waals surface area contributed by atoms with E-state index in [0.717, 1.165) is 24.4 Å². The van der Waals surface area contributed by atoms with Crippen LogP contribution in [0.3, 0.4) is 0 Å². The molecule has 0 bridgehead atoms. The van der Waals surface area contributed by atoms with E-state index in [-0.39, 0.29) is 0 Å². The van der Waals surface area contributed by atoms with E-state index in [0.29, 0.717) is 15.8 Å². The van der Waals surface area contributed by atoms with Crippen molar-refractivity contribution in [2.75, 3.05) is 13.2 Å². The lowest BCUT2D eigenvalue weighted by molar-refractivity contribution is 0.0455. The zero-order valence-corrected chi connectivity index (χ0v) is 8.98. The van der Waals surface area contributed by atoms with Crippen LogP contribution in [-0.4, -0.2) is 24.7 Å². The Morgan fingerprint density at radius 2 is 2.29 bits per heavy atom. The molecule has 0 atom stereocenters. The highest BCUT2D eigenvalue weighted by Gasteiger charge is 2.19. The Kier molecular flexibility index (Phi) is 3.11. The number of carbonyl (C=O) groups is 1. The van der Waals surface area contributed by atoms with Gasteiger partial charge in [0.15, 0.2) is 6.29 Å². The SMILES string of the molecule is O=Cc1ccc(SC2COC2)cc1Cl. The fraction of sp³-hybridized carbons (Fsp3) is 0.300. The van der Waals surface area contributed by atoms with Gasteiger partial charge >= 0.3 is 0 Å². The van der Waals surface area contributed by atoms with Gasteiger partial charge in [-0.3, -0.25) is 4.79 Å². The fourth-order valence-electron chi connectivity index (χ4n) is 1.15. The molecule has 1 aromatic rings. The summed E-state index contributed by atoms with van der Waals surface area (Å²) in [5, 5.41) is 1.05. The molecule has 1 aromatic carbocycles. The summed E-state index contributed by atoms with van der Waals surface area (Å²) >= 11 is 7.64. The van der Waals surface area contributed by atoms with Crippen molar-refractivity contribution in [2.24, 2.45) is 0 Å². The molecular weight excluding hydrogens is 220 g/mol. The normalized spacial score (nSPS) is 16.4. The number of hydrogen-bond acceptors (Lipinski definition) is 3. The first kappa shape index (κ1) is 10.0. The summed E-state index contributed by atoms with van der Waals surface area (Å²) < 4.78 is 5.07. The number of ether oxygens (including phenoxy) is 1. The van der Waals surface area contributed by atoms with Crippen molar-refractivity contribution in [1.82, 2.24) is 0 Å². The number of rotatable bonds is 3. The van der Waals surface area contributed by atoms with E-state index in [1.54, 1.807) is 17.8 Å². The van der Waals surface area contributed by atoms with E-state index in [1.165, 1.54) is 0 Å². The first-order valence-corrected chi connectivity index (χ1v) is 5.54. The number of benzene rings is 1. The molecule has 14 heavy (non-hydrogen) atoms. The Labute approximate surface area is 91.6 Å². The molecule has 1 aliphatic heterocycles. The minimum absolute atomic E-state index is 0.519. The summed E-state index contributed by atoms with van der Waals surface area (Å²) in [6.07, 6.45) is 0.767. The first-order valence-electron chi connectivity index (χ1n) is 4.29. The van der Waals surface area contributed by atoms with Crippen LogP contribution in [0.4, 0.5) is 0 Å². The molecule has 0 N–H and O–H groups in total. The molecule has 4 heteroatoms. The van der Waals surface area contributed by atoms with Gasteiger partial charge in [-0.25, -0.2) is 0 Å². The van der Waals surface area contributed by atoms with Crippen LogP contribution in [0.2, 0.25) is 5.02 Å². The zero-order chi connectivity index (χ0) is 9.97. The maximum absolute atomic E-state index is 10.5. The molecule has 1 heterocycles. The van der Waals surface area contributed by atoms with Gasteiger partial charge in [-0.1, -0.05) is 11.6 Å². The van der Waals surface area contributed by atoms with Crippen molar-refractivity contribution < 1.29 is 9.53 Å². The maximum atomic E-state index is 10.5. The molecule has 2 nitrogen and oxygen atoms in total. The number of halogens is 1. The van der Waals surface area contributed by atoms with Gasteiger partial charge in [-0.05, 0) is 18.2 Å². The molecule has 1 saturated heterocycles. The van der Waals surface area contributed by atoms with Crippen LogP contribution < -0.4 is 0 Å². The van der Waals surface area contributed by atoms with E-state index in [9.17, 15) is 4.79 Å². The van der Waals surface area contributed by atoms with E-state index >= 15 is 0 Å². The average Bonchev–Trinajstić information content (AvgIpc) is 2.12. The van der Waals surface area contributed by atoms with Gasteiger partial charge in [0.25, 0.3) is 0 Å². The molecule has 74 valence electrons. The zero-order valence-electron chi connectivity index (χ0n) is 7.40. The predicted octanol–water partition coefficient (Wildman–Crippen LogP) is 2.64. The van der Waals surface area contributed by atoms with Gasteiger partial charge in [0, 0.05) is 10.5 Å². The van der Waals surface area contributed by atoms with Crippen LogP contribution in [0.1, 0.15) is 10.4 Å². The van der Waals surface area contributed by atoms with Gasteiger partial charge in [-0.2, -0.15) is 0 Å². The molecule has 2 rings (SSSR count). The van der Waals surface area contributed by atoms with Crippen molar-refractivity contribution in [2.45, 2.75) is 10.1 Å². The molecule has 0 aliphatic carbocycles. The summed E-state index contributed by atoms with van der Waals surface area (Å²) in [6, 6.07) is 5.49. The van der Waals surface area contributed by atoms with Crippen LogP contribution in [0.15, 0.2) is 23.1 Å². The molecule has 0 saturated carbocycles. The van der Waals surface area contributed by atoms with Crippen molar-refractivity contribution in [3.05, 3.63) is 28.8 Å². The maximum Gasteiger partial charge on any atom is 0.151 e. The Bertz CT molecular complexity index is 350. The highest BCUT2D eigenvalue weighted by Crippen LogP contribution is 2.30. The fourth-order valence-corrected chi connectivity index (χ4v) is 2.49. The van der Waals surface area contributed by atoms with Gasteiger partial charge in [0.2, 0.25) is 0 Å². The van der Waals surface area contributed by atoms with Crippen LogP contribution in [0, 0.1) is 0 Å². The molecule has 0 aromatic heterocycles. The van der Waals surface area contributed by atoms with Gasteiger partial charge < -0.3 is 4.74 Å². The Morgan fingerprint density at radius 3 is 2.79 bits per heavy atom. The van der Waals surface area contributed by atoms with Gasteiger partial charge in [0.1, 0.15) is 0 Å². The third-order valence-corrected chi connectivity index (χ3v) is 3.47. The van der Waals surface area contributed by atoms with Gasteiger partial charge in [0.05, 0.1) is 23.5 Å². The third kappa shape index (κ3) is 2.11. The summed E-state index contributed by atoms with van der Waals surface area (Å²) in [6.45, 7) is 1.61. The van der Waals surface area contributed by atoms with E-state index < -0.39 is 0 Å². The standard InChI is InChI=1S/C10H9ClO2S/c11-10-3-8(2-1-7(10)4-12)14-9-5-13-6-9/h1-4,9H,5-6H2. The van der Waals surface area contributed by atoms with Crippen LogP contribution in [0.5, 0.6) is 0 Å². The number of hydrogen-bond donors (Lipinski definition) is 0. The average molecular weight is 229 g/mol. The summed E-state index contributed by atoms with van der Waals surface area (Å²) in [4.78, 5) is 11.6. The summed E-state index contributed by atoms with van der Waals surface area (Å²) in [5.41, 5.74) is 0.542. The smallest absolute Gasteiger partial charge is 0.151 e. The first-order chi connectivity index (χ1) is 6.79. The molecule has 0 amide bonds.